The van der Waals surface area contributed by atoms with Gasteiger partial charge in [-0.2, -0.15) is 13.2 Å². The Bertz CT molecular complexity index is 750. The van der Waals surface area contributed by atoms with E-state index in [1.807, 2.05) is 0 Å². The van der Waals surface area contributed by atoms with Crippen LogP contribution in [0.3, 0.4) is 0 Å². The summed E-state index contributed by atoms with van der Waals surface area (Å²) in [6, 6.07) is 2.08. The Morgan fingerprint density at radius 1 is 1.29 bits per heavy atom. The van der Waals surface area contributed by atoms with Gasteiger partial charge in [-0.1, -0.05) is 23.9 Å². The number of benzene rings is 1. The van der Waals surface area contributed by atoms with E-state index in [1.54, 1.807) is 7.05 Å². The van der Waals surface area contributed by atoms with Crippen LogP contribution >= 0.6 is 11.8 Å². The zero-order valence-electron chi connectivity index (χ0n) is 14.4. The number of rotatable bonds is 4. The van der Waals surface area contributed by atoms with Gasteiger partial charge in [0.05, 0.1) is 6.61 Å². The lowest BCUT2D eigenvalue weighted by Crippen LogP contribution is -2.61. The van der Waals surface area contributed by atoms with Crippen molar-refractivity contribution in [2.75, 3.05) is 7.05 Å². The Kier molecular flexibility index (Phi) is 6.15. The zero-order chi connectivity index (χ0) is 20.6. The third-order valence-electron chi connectivity index (χ3n) is 4.39. The molecule has 0 amide bonds. The molecular weight excluding hydrogens is 411 g/mol. The second-order valence-electron chi connectivity index (χ2n) is 6.23. The van der Waals surface area contributed by atoms with E-state index in [9.17, 15) is 32.2 Å². The predicted molar refractivity (Wildman–Crippen MR) is 89.5 cm³/mol. The lowest BCUT2D eigenvalue weighted by Gasteiger charge is -2.41. The quantitative estimate of drug-likeness (QED) is 0.632. The maximum atomic E-state index is 13.7. The summed E-state index contributed by atoms with van der Waals surface area (Å²) in [5.74, 6) is -2.55. The first-order valence-electron chi connectivity index (χ1n) is 8.18. The minimum absolute atomic E-state index is 0.341. The van der Waals surface area contributed by atoms with Crippen molar-refractivity contribution in [3.63, 3.8) is 0 Å². The SMILES string of the molecule is CNC1=N[C@@H]2[C@@H](O)[C@H](O)[C@@H]([C@@H](OCc3cccc(F)c3F)C(F)(F)F)O[C@@H]2S1. The van der Waals surface area contributed by atoms with E-state index in [-0.39, 0.29) is 0 Å². The molecule has 1 fully saturated rings. The highest BCUT2D eigenvalue weighted by Crippen LogP contribution is 2.40. The molecule has 0 aliphatic carbocycles. The molecule has 0 saturated carbocycles. The number of hydrogen-bond donors (Lipinski definition) is 3. The molecule has 12 heteroatoms. The van der Waals surface area contributed by atoms with E-state index in [0.29, 0.717) is 5.17 Å². The van der Waals surface area contributed by atoms with E-state index >= 15 is 0 Å². The second kappa shape index (κ2) is 8.11. The van der Waals surface area contributed by atoms with Gasteiger partial charge < -0.3 is 25.0 Å². The number of nitrogens with zero attached hydrogens (tertiary/aromatic N) is 1. The first kappa shape index (κ1) is 21.2. The maximum absolute atomic E-state index is 13.7. The first-order chi connectivity index (χ1) is 13.1. The van der Waals surface area contributed by atoms with Gasteiger partial charge in [-0.25, -0.2) is 8.78 Å². The summed E-state index contributed by atoms with van der Waals surface area (Å²) >= 11 is 0.964. The van der Waals surface area contributed by atoms with Gasteiger partial charge in [0, 0.05) is 12.6 Å². The fourth-order valence-corrected chi connectivity index (χ4v) is 4.04. The number of ether oxygens (including phenoxy) is 2. The van der Waals surface area contributed by atoms with Crippen molar-refractivity contribution < 1.29 is 41.6 Å². The highest BCUT2D eigenvalue weighted by atomic mass is 32.2. The summed E-state index contributed by atoms with van der Waals surface area (Å²) in [6.07, 6.45) is -13.2. The summed E-state index contributed by atoms with van der Waals surface area (Å²) in [7, 11) is 1.54. The Morgan fingerprint density at radius 2 is 2.00 bits per heavy atom. The normalized spacial score (nSPS) is 31.3. The average Bonchev–Trinajstić information content (AvgIpc) is 3.05. The van der Waals surface area contributed by atoms with Crippen molar-refractivity contribution in [3.05, 3.63) is 35.4 Å². The van der Waals surface area contributed by atoms with Gasteiger partial charge in [0.1, 0.15) is 29.8 Å². The number of aliphatic hydroxyl groups excluding tert-OH is 2. The van der Waals surface area contributed by atoms with Gasteiger partial charge in [-0.15, -0.1) is 0 Å². The van der Waals surface area contributed by atoms with Crippen LogP contribution < -0.4 is 5.32 Å². The zero-order valence-corrected chi connectivity index (χ0v) is 15.2. The lowest BCUT2D eigenvalue weighted by molar-refractivity contribution is -0.287. The molecule has 1 aromatic carbocycles. The second-order valence-corrected chi connectivity index (χ2v) is 7.32. The molecule has 2 aliphatic heterocycles. The Morgan fingerprint density at radius 3 is 2.64 bits per heavy atom. The molecule has 0 spiro atoms. The summed E-state index contributed by atoms with van der Waals surface area (Å²) in [5, 5.41) is 23.4. The van der Waals surface area contributed by atoms with Crippen LogP contribution in [0.2, 0.25) is 0 Å². The van der Waals surface area contributed by atoms with Crippen LogP contribution in [0.5, 0.6) is 0 Å². The van der Waals surface area contributed by atoms with Crippen LogP contribution in [0.15, 0.2) is 23.2 Å². The topological polar surface area (TPSA) is 83.3 Å². The van der Waals surface area contributed by atoms with Crippen molar-refractivity contribution >= 4 is 16.9 Å². The van der Waals surface area contributed by atoms with Crippen molar-refractivity contribution in [1.29, 1.82) is 0 Å². The van der Waals surface area contributed by atoms with Crippen LogP contribution in [0.25, 0.3) is 0 Å². The van der Waals surface area contributed by atoms with E-state index < -0.39 is 65.9 Å². The fraction of sp³-hybridized carbons (Fsp3) is 0.562. The number of hydrogen-bond acceptors (Lipinski definition) is 7. The predicted octanol–water partition coefficient (Wildman–Crippen LogP) is 1.55. The van der Waals surface area contributed by atoms with E-state index in [4.69, 9.17) is 9.47 Å². The van der Waals surface area contributed by atoms with Crippen molar-refractivity contribution in [3.8, 4) is 0 Å². The Hall–Kier alpha value is -1.47. The highest BCUT2D eigenvalue weighted by Gasteiger charge is 2.57. The van der Waals surface area contributed by atoms with E-state index in [0.717, 1.165) is 30.0 Å². The van der Waals surface area contributed by atoms with Gasteiger partial charge >= 0.3 is 6.18 Å². The first-order valence-corrected chi connectivity index (χ1v) is 9.06. The van der Waals surface area contributed by atoms with E-state index in [1.165, 1.54) is 0 Å². The number of alkyl halides is 3. The van der Waals surface area contributed by atoms with Gasteiger partial charge in [-0.05, 0) is 6.07 Å². The smallest absolute Gasteiger partial charge is 0.388 e. The van der Waals surface area contributed by atoms with E-state index in [2.05, 4.69) is 10.3 Å². The molecule has 6 atom stereocenters. The Balaban J connectivity index is 1.79. The number of aliphatic hydroxyl groups is 2. The number of nitrogens with one attached hydrogen (secondary N) is 1. The molecule has 0 aromatic heterocycles. The average molecular weight is 428 g/mol. The molecule has 2 aliphatic rings. The lowest BCUT2D eigenvalue weighted by atomic mass is 9.94. The molecular formula is C16H17F5N2O4S. The van der Waals surface area contributed by atoms with Gasteiger partial charge in [-0.3, -0.25) is 4.99 Å². The summed E-state index contributed by atoms with van der Waals surface area (Å²) in [6.45, 7) is -0.907. The minimum atomic E-state index is -5.00. The van der Waals surface area contributed by atoms with Gasteiger partial charge in [0.25, 0.3) is 0 Å². The molecule has 2 heterocycles. The third-order valence-corrected chi connectivity index (χ3v) is 5.54. The highest BCUT2D eigenvalue weighted by molar-refractivity contribution is 8.14. The molecule has 0 radical (unpaired) electrons. The standard InChI is InChI=1S/C16H17F5N2O4S/c1-22-15-23-9-10(24)11(25)12(27-14(9)28-15)13(16(19,20)21)26-5-6-3-2-4-7(17)8(6)18/h2-4,9-14,24-25H,5H2,1H3,(H,22,23)/t9-,10-,11+,12+,13-,14-/m1/s1. The number of fused-ring (bicyclic) bond motifs is 1. The monoisotopic (exact) mass is 428 g/mol. The largest absolute Gasteiger partial charge is 0.417 e. The summed E-state index contributed by atoms with van der Waals surface area (Å²) in [5.41, 5.74) is -1.39. The number of amidine groups is 1. The number of thioether (sulfide) groups is 1. The molecule has 3 N–H and O–H groups in total. The summed E-state index contributed by atoms with van der Waals surface area (Å²) in [4.78, 5) is 4.05. The van der Waals surface area contributed by atoms with Crippen molar-refractivity contribution in [2.24, 2.45) is 4.99 Å². The van der Waals surface area contributed by atoms with Crippen LogP contribution in [0, 0.1) is 11.6 Å². The number of halogens is 5. The molecule has 0 unspecified atom stereocenters. The van der Waals surface area contributed by atoms with Crippen LogP contribution in [0.4, 0.5) is 22.0 Å². The third kappa shape index (κ3) is 4.10. The maximum Gasteiger partial charge on any atom is 0.417 e. The number of aliphatic imine (C=N–C) groups is 1. The molecule has 6 nitrogen and oxygen atoms in total. The van der Waals surface area contributed by atoms with Crippen LogP contribution in [-0.4, -0.2) is 64.5 Å². The molecule has 0 bridgehead atoms. The molecule has 156 valence electrons. The van der Waals surface area contributed by atoms with Crippen molar-refractivity contribution in [2.45, 2.75) is 48.7 Å². The Labute approximate surface area is 160 Å². The fourth-order valence-electron chi connectivity index (χ4n) is 2.97. The van der Waals surface area contributed by atoms with Crippen molar-refractivity contribution in [1.82, 2.24) is 5.32 Å². The van der Waals surface area contributed by atoms with Gasteiger partial charge in [0.15, 0.2) is 22.9 Å². The summed E-state index contributed by atoms with van der Waals surface area (Å²) < 4.78 is 77.8. The molecule has 1 aromatic rings. The molecule has 3 rings (SSSR count). The van der Waals surface area contributed by atoms with Crippen LogP contribution in [0.1, 0.15) is 5.56 Å². The molecule has 1 saturated heterocycles. The minimum Gasteiger partial charge on any atom is -0.388 e. The van der Waals surface area contributed by atoms with Crippen LogP contribution in [-0.2, 0) is 16.1 Å². The molecule has 28 heavy (non-hydrogen) atoms. The van der Waals surface area contributed by atoms with Gasteiger partial charge in [0.2, 0.25) is 0 Å².